The number of ether oxygens (including phenoxy) is 1. The Bertz CT molecular complexity index is 1220. The molecular weight excluding hydrogens is 472 g/mol. The molecule has 1 saturated heterocycles. The number of nitrogens with zero attached hydrogens (tertiary/aromatic N) is 4. The molecule has 35 heavy (non-hydrogen) atoms. The predicted octanol–water partition coefficient (Wildman–Crippen LogP) is 1.40. The molecule has 2 atom stereocenters. The van der Waals surface area contributed by atoms with Gasteiger partial charge in [0.1, 0.15) is 5.65 Å². The van der Waals surface area contributed by atoms with Crippen LogP contribution >= 0.6 is 0 Å². The number of nitrogens with one attached hydrogen (secondary N) is 2. The molecule has 2 fully saturated rings. The van der Waals surface area contributed by atoms with Gasteiger partial charge < -0.3 is 15.2 Å². The fraction of sp³-hybridized carbons (Fsp3) is 0.696. The Balaban J connectivity index is 1.46. The monoisotopic (exact) mass is 508 g/mol. The molecule has 2 aromatic heterocycles. The quantitative estimate of drug-likeness (QED) is 0.486. The fourth-order valence-corrected chi connectivity index (χ4v) is 6.20. The molecule has 0 aromatic carbocycles. The lowest BCUT2D eigenvalue weighted by molar-refractivity contribution is 0.0266. The van der Waals surface area contributed by atoms with E-state index in [1.54, 1.807) is 30.9 Å². The predicted molar refractivity (Wildman–Crippen MR) is 134 cm³/mol. The standard InChI is InChI=1S/C23H36N6O5S/c1-22(2,34-4)15-25-35(32,33)28-12-9-17(10-13-28)26-21-24-14-16-7-8-19(30)29(20(16)27-21)18-6-5-11-23(18,3)31/h7-8,14,17-18,25,31H,5-6,9-13,15H2,1-4H3,(H,24,26,27)/t18-,23-/m0/s1. The first kappa shape index (κ1) is 26.0. The number of pyridine rings is 1. The molecule has 1 aliphatic heterocycles. The van der Waals surface area contributed by atoms with Gasteiger partial charge >= 0.3 is 0 Å². The van der Waals surface area contributed by atoms with E-state index in [0.29, 0.717) is 50.4 Å². The molecule has 0 spiro atoms. The molecule has 0 unspecified atom stereocenters. The SMILES string of the molecule is COC(C)(C)CNS(=O)(=O)N1CCC(Nc2ncc3ccc(=O)n([C@H]4CCC[C@]4(C)O)c3n2)CC1. The summed E-state index contributed by atoms with van der Waals surface area (Å²) >= 11 is 0. The lowest BCUT2D eigenvalue weighted by Crippen LogP contribution is -2.50. The van der Waals surface area contributed by atoms with Crippen molar-refractivity contribution in [2.75, 3.05) is 32.1 Å². The number of fused-ring (bicyclic) bond motifs is 1. The van der Waals surface area contributed by atoms with Crippen LogP contribution in [-0.4, -0.2) is 76.4 Å². The van der Waals surface area contributed by atoms with Crippen LogP contribution in [0.25, 0.3) is 11.0 Å². The number of rotatable bonds is 8. The van der Waals surface area contributed by atoms with Crippen LogP contribution in [-0.2, 0) is 14.9 Å². The normalized spacial score (nSPS) is 24.8. The van der Waals surface area contributed by atoms with Crippen LogP contribution in [0.3, 0.4) is 0 Å². The molecule has 0 bridgehead atoms. The number of methoxy groups -OCH3 is 1. The Labute approximate surface area is 206 Å². The van der Waals surface area contributed by atoms with E-state index in [1.165, 1.54) is 10.4 Å². The second-order valence-corrected chi connectivity index (χ2v) is 12.1. The first-order chi connectivity index (χ1) is 16.4. The van der Waals surface area contributed by atoms with Crippen molar-refractivity contribution in [1.29, 1.82) is 0 Å². The Morgan fingerprint density at radius 1 is 1.26 bits per heavy atom. The van der Waals surface area contributed by atoms with Crippen LogP contribution < -0.4 is 15.6 Å². The molecule has 2 aromatic rings. The Hall–Kier alpha value is -2.12. The minimum absolute atomic E-state index is 0.00668. The highest BCUT2D eigenvalue weighted by Crippen LogP contribution is 2.39. The maximum absolute atomic E-state index is 12.8. The summed E-state index contributed by atoms with van der Waals surface area (Å²) < 4.78 is 36.3. The van der Waals surface area contributed by atoms with Gasteiger partial charge in [-0.1, -0.05) is 0 Å². The summed E-state index contributed by atoms with van der Waals surface area (Å²) in [6, 6.07) is 2.84. The van der Waals surface area contributed by atoms with E-state index in [0.717, 1.165) is 11.8 Å². The van der Waals surface area contributed by atoms with Crippen molar-refractivity contribution < 1.29 is 18.3 Å². The number of hydrogen-bond acceptors (Lipinski definition) is 8. The molecular formula is C23H36N6O5S. The molecule has 1 saturated carbocycles. The van der Waals surface area contributed by atoms with E-state index in [-0.39, 0.29) is 24.2 Å². The van der Waals surface area contributed by atoms with Crippen molar-refractivity contribution in [3.8, 4) is 0 Å². The van der Waals surface area contributed by atoms with Gasteiger partial charge in [0.25, 0.3) is 15.8 Å². The zero-order valence-electron chi connectivity index (χ0n) is 20.8. The summed E-state index contributed by atoms with van der Waals surface area (Å²) in [4.78, 5) is 21.8. The topological polar surface area (TPSA) is 139 Å². The maximum atomic E-state index is 12.8. The second kappa shape index (κ2) is 9.74. The Morgan fingerprint density at radius 3 is 2.60 bits per heavy atom. The van der Waals surface area contributed by atoms with Crippen molar-refractivity contribution in [2.24, 2.45) is 0 Å². The van der Waals surface area contributed by atoms with Gasteiger partial charge in [-0.05, 0) is 58.9 Å². The zero-order valence-corrected chi connectivity index (χ0v) is 21.6. The van der Waals surface area contributed by atoms with E-state index in [4.69, 9.17) is 4.74 Å². The minimum atomic E-state index is -3.60. The van der Waals surface area contributed by atoms with Gasteiger partial charge in [0.15, 0.2) is 0 Å². The van der Waals surface area contributed by atoms with Gasteiger partial charge in [-0.3, -0.25) is 9.36 Å². The van der Waals surface area contributed by atoms with Crippen LogP contribution in [0.4, 0.5) is 5.95 Å². The van der Waals surface area contributed by atoms with E-state index < -0.39 is 21.4 Å². The number of aromatic nitrogens is 3. The zero-order chi connectivity index (χ0) is 25.4. The van der Waals surface area contributed by atoms with Crippen molar-refractivity contribution in [1.82, 2.24) is 23.6 Å². The molecule has 0 amide bonds. The van der Waals surface area contributed by atoms with Crippen LogP contribution in [0.15, 0.2) is 23.1 Å². The van der Waals surface area contributed by atoms with E-state index >= 15 is 0 Å². The Morgan fingerprint density at radius 2 is 1.97 bits per heavy atom. The minimum Gasteiger partial charge on any atom is -0.388 e. The highest BCUT2D eigenvalue weighted by atomic mass is 32.2. The van der Waals surface area contributed by atoms with E-state index in [1.807, 2.05) is 13.8 Å². The molecule has 1 aliphatic carbocycles. The van der Waals surface area contributed by atoms with Crippen LogP contribution in [0.5, 0.6) is 0 Å². The van der Waals surface area contributed by atoms with E-state index in [9.17, 15) is 18.3 Å². The molecule has 11 nitrogen and oxygen atoms in total. The van der Waals surface area contributed by atoms with Crippen LogP contribution in [0, 0.1) is 0 Å². The molecule has 194 valence electrons. The number of anilines is 1. The molecule has 3 N–H and O–H groups in total. The summed E-state index contributed by atoms with van der Waals surface area (Å²) in [5, 5.41) is 14.9. The smallest absolute Gasteiger partial charge is 0.279 e. The van der Waals surface area contributed by atoms with Crippen LogP contribution in [0.2, 0.25) is 0 Å². The summed E-state index contributed by atoms with van der Waals surface area (Å²) in [5.41, 5.74) is -1.27. The van der Waals surface area contributed by atoms with E-state index in [2.05, 4.69) is 20.0 Å². The summed E-state index contributed by atoms with van der Waals surface area (Å²) in [6.07, 6.45) is 5.04. The first-order valence-corrected chi connectivity index (χ1v) is 13.5. The third kappa shape index (κ3) is 5.67. The lowest BCUT2D eigenvalue weighted by Gasteiger charge is -2.33. The van der Waals surface area contributed by atoms with Gasteiger partial charge in [0.2, 0.25) is 5.95 Å². The summed E-state index contributed by atoms with van der Waals surface area (Å²) in [7, 11) is -2.05. The maximum Gasteiger partial charge on any atom is 0.279 e. The molecule has 4 rings (SSSR count). The fourth-order valence-electron chi connectivity index (χ4n) is 4.80. The highest BCUT2D eigenvalue weighted by molar-refractivity contribution is 7.87. The average molecular weight is 509 g/mol. The molecule has 12 heteroatoms. The summed E-state index contributed by atoms with van der Waals surface area (Å²) in [6.45, 7) is 6.33. The molecule has 2 aliphatic rings. The Kier molecular flexibility index (Phi) is 7.22. The number of hydrogen-bond donors (Lipinski definition) is 3. The van der Waals surface area contributed by atoms with Crippen molar-refractivity contribution in [3.63, 3.8) is 0 Å². The van der Waals surface area contributed by atoms with Gasteiger partial charge in [-0.25, -0.2) is 4.98 Å². The van der Waals surface area contributed by atoms with Gasteiger partial charge in [0.05, 0.1) is 17.2 Å². The first-order valence-electron chi connectivity index (χ1n) is 12.1. The average Bonchev–Trinajstić information content (AvgIpc) is 3.16. The van der Waals surface area contributed by atoms with Gasteiger partial charge in [-0.15, -0.1) is 0 Å². The summed E-state index contributed by atoms with van der Waals surface area (Å²) in [5.74, 6) is 0.385. The van der Waals surface area contributed by atoms with Crippen molar-refractivity contribution >= 4 is 27.2 Å². The van der Waals surface area contributed by atoms with Gasteiger partial charge in [-0.2, -0.15) is 22.4 Å². The molecule has 0 radical (unpaired) electrons. The lowest BCUT2D eigenvalue weighted by atomic mass is 10.00. The highest BCUT2D eigenvalue weighted by Gasteiger charge is 2.39. The largest absolute Gasteiger partial charge is 0.388 e. The number of aliphatic hydroxyl groups is 1. The third-order valence-electron chi connectivity index (χ3n) is 7.22. The second-order valence-electron chi connectivity index (χ2n) is 10.4. The molecule has 3 heterocycles. The number of piperidine rings is 1. The van der Waals surface area contributed by atoms with Gasteiger partial charge in [0, 0.05) is 50.4 Å². The third-order valence-corrected chi connectivity index (χ3v) is 8.77. The van der Waals surface area contributed by atoms with Crippen molar-refractivity contribution in [2.45, 2.75) is 76.2 Å². The van der Waals surface area contributed by atoms with Crippen molar-refractivity contribution in [3.05, 3.63) is 28.7 Å². The van der Waals surface area contributed by atoms with Crippen LogP contribution in [0.1, 0.15) is 58.9 Å².